The molecular formula is C15H21NO4S. The maximum atomic E-state index is 12.4. The molecule has 1 saturated heterocycles. The molecule has 1 atom stereocenters. The van der Waals surface area contributed by atoms with Gasteiger partial charge < -0.3 is 15.2 Å². The second kappa shape index (κ2) is 6.58. The summed E-state index contributed by atoms with van der Waals surface area (Å²) in [6, 6.07) is 1.89. The second-order valence-electron chi connectivity index (χ2n) is 5.31. The number of carbonyl (C=O) groups excluding carboxylic acids is 1. The number of thiophene rings is 1. The summed E-state index contributed by atoms with van der Waals surface area (Å²) >= 11 is 1.46. The van der Waals surface area contributed by atoms with Gasteiger partial charge in [0.2, 0.25) is 0 Å². The maximum absolute atomic E-state index is 12.4. The summed E-state index contributed by atoms with van der Waals surface area (Å²) < 4.78 is 5.16. The van der Waals surface area contributed by atoms with Gasteiger partial charge in [0.25, 0.3) is 5.91 Å². The van der Waals surface area contributed by atoms with Crippen molar-refractivity contribution in [3.63, 3.8) is 0 Å². The van der Waals surface area contributed by atoms with E-state index in [4.69, 9.17) is 4.74 Å². The van der Waals surface area contributed by atoms with Crippen molar-refractivity contribution in [2.24, 2.45) is 0 Å². The van der Waals surface area contributed by atoms with Crippen molar-refractivity contribution in [1.29, 1.82) is 0 Å². The van der Waals surface area contributed by atoms with Crippen molar-refractivity contribution < 1.29 is 19.4 Å². The lowest BCUT2D eigenvalue weighted by atomic mass is 9.99. The first kappa shape index (κ1) is 16.0. The lowest BCUT2D eigenvalue weighted by molar-refractivity contribution is -0.144. The Morgan fingerprint density at radius 1 is 1.48 bits per heavy atom. The summed E-state index contributed by atoms with van der Waals surface area (Å²) in [6.07, 6.45) is 3.17. The van der Waals surface area contributed by atoms with Crippen LogP contribution in [0.25, 0.3) is 0 Å². The van der Waals surface area contributed by atoms with Crippen molar-refractivity contribution in [3.05, 3.63) is 21.4 Å². The van der Waals surface area contributed by atoms with Crippen LogP contribution < -0.4 is 5.32 Å². The van der Waals surface area contributed by atoms with Crippen LogP contribution in [0.2, 0.25) is 0 Å². The Balaban J connectivity index is 2.18. The lowest BCUT2D eigenvalue weighted by Gasteiger charge is -2.23. The molecule has 6 heteroatoms. The number of carboxylic acid groups (broad SMARTS) is 1. The molecule has 5 nitrogen and oxygen atoms in total. The van der Waals surface area contributed by atoms with E-state index in [0.717, 1.165) is 19.3 Å². The Kier molecular flexibility index (Phi) is 5.00. The SMILES string of the molecule is CCCc1sc(C(=O)NC2(C(=O)O)CCOC2)cc1CC. The van der Waals surface area contributed by atoms with Crippen molar-refractivity contribution in [3.8, 4) is 0 Å². The molecule has 1 unspecified atom stereocenters. The average Bonchev–Trinajstić information content (AvgIpc) is 3.06. The van der Waals surface area contributed by atoms with Gasteiger partial charge in [0.05, 0.1) is 11.5 Å². The number of carbonyl (C=O) groups is 2. The van der Waals surface area contributed by atoms with Gasteiger partial charge in [-0.15, -0.1) is 11.3 Å². The summed E-state index contributed by atoms with van der Waals surface area (Å²) in [5, 5.41) is 12.0. The molecule has 1 aromatic heterocycles. The van der Waals surface area contributed by atoms with Crippen molar-refractivity contribution in [1.82, 2.24) is 5.32 Å². The Morgan fingerprint density at radius 3 is 2.76 bits per heavy atom. The molecule has 1 aliphatic rings. The van der Waals surface area contributed by atoms with Gasteiger partial charge in [0.1, 0.15) is 0 Å². The van der Waals surface area contributed by atoms with E-state index in [1.807, 2.05) is 6.07 Å². The minimum Gasteiger partial charge on any atom is -0.479 e. The molecule has 0 aliphatic carbocycles. The summed E-state index contributed by atoms with van der Waals surface area (Å²) in [6.45, 7) is 4.56. The Hall–Kier alpha value is -1.40. The van der Waals surface area contributed by atoms with Crippen LogP contribution in [0.4, 0.5) is 0 Å². The van der Waals surface area contributed by atoms with Crippen molar-refractivity contribution in [2.45, 2.75) is 45.1 Å². The number of carboxylic acids is 1. The van der Waals surface area contributed by atoms with Crippen molar-refractivity contribution in [2.75, 3.05) is 13.2 Å². The second-order valence-corrected chi connectivity index (χ2v) is 6.44. The molecule has 2 N–H and O–H groups in total. The smallest absolute Gasteiger partial charge is 0.331 e. The fourth-order valence-corrected chi connectivity index (χ4v) is 3.73. The first-order chi connectivity index (χ1) is 10.0. The number of rotatable bonds is 6. The summed E-state index contributed by atoms with van der Waals surface area (Å²) in [7, 11) is 0. The number of aliphatic carboxylic acids is 1. The number of hydrogen-bond acceptors (Lipinski definition) is 4. The molecule has 2 rings (SSSR count). The molecule has 1 aromatic rings. The standard InChI is InChI=1S/C15H21NO4S/c1-3-5-11-10(4-2)8-12(21-11)13(17)16-15(14(18)19)6-7-20-9-15/h8H,3-7,9H2,1-2H3,(H,16,17)(H,18,19). The molecule has 0 radical (unpaired) electrons. The monoisotopic (exact) mass is 311 g/mol. The third-order valence-electron chi connectivity index (χ3n) is 3.76. The molecule has 2 heterocycles. The molecule has 0 bridgehead atoms. The third kappa shape index (κ3) is 3.27. The Labute approximate surface area is 128 Å². The van der Waals surface area contributed by atoms with Crippen LogP contribution in [-0.4, -0.2) is 35.7 Å². The topological polar surface area (TPSA) is 75.6 Å². The van der Waals surface area contributed by atoms with E-state index in [1.54, 1.807) is 0 Å². The zero-order chi connectivity index (χ0) is 15.5. The quantitative estimate of drug-likeness (QED) is 0.845. The Bertz CT molecular complexity index is 532. The van der Waals surface area contributed by atoms with Gasteiger partial charge in [-0.3, -0.25) is 4.79 Å². The highest BCUT2D eigenvalue weighted by molar-refractivity contribution is 7.14. The molecule has 0 spiro atoms. The van der Waals surface area contributed by atoms with Gasteiger partial charge in [-0.25, -0.2) is 4.79 Å². The minimum atomic E-state index is -1.28. The molecule has 0 aromatic carbocycles. The predicted octanol–water partition coefficient (Wildman–Crippen LogP) is 2.24. The van der Waals surface area contributed by atoms with Crippen LogP contribution in [0.5, 0.6) is 0 Å². The highest BCUT2D eigenvalue weighted by Crippen LogP contribution is 2.26. The van der Waals surface area contributed by atoms with E-state index in [9.17, 15) is 14.7 Å². The van der Waals surface area contributed by atoms with Gasteiger partial charge in [0.15, 0.2) is 5.54 Å². The number of amides is 1. The summed E-state index contributed by atoms with van der Waals surface area (Å²) in [5.41, 5.74) is -0.0997. The fourth-order valence-electron chi connectivity index (χ4n) is 2.48. The zero-order valence-corrected chi connectivity index (χ0v) is 13.2. The Morgan fingerprint density at radius 2 is 2.24 bits per heavy atom. The first-order valence-electron chi connectivity index (χ1n) is 7.27. The van der Waals surface area contributed by atoms with Crippen LogP contribution in [0, 0.1) is 0 Å². The van der Waals surface area contributed by atoms with Crippen molar-refractivity contribution >= 4 is 23.2 Å². The molecule has 1 amide bonds. The van der Waals surface area contributed by atoms with Gasteiger partial charge in [0, 0.05) is 17.9 Å². The van der Waals surface area contributed by atoms with Gasteiger partial charge >= 0.3 is 5.97 Å². The molecule has 116 valence electrons. The van der Waals surface area contributed by atoms with Gasteiger partial charge in [-0.1, -0.05) is 20.3 Å². The maximum Gasteiger partial charge on any atom is 0.331 e. The number of ether oxygens (including phenoxy) is 1. The third-order valence-corrected chi connectivity index (χ3v) is 5.00. The zero-order valence-electron chi connectivity index (χ0n) is 12.4. The molecular weight excluding hydrogens is 290 g/mol. The highest BCUT2D eigenvalue weighted by atomic mass is 32.1. The van der Waals surface area contributed by atoms with Gasteiger partial charge in [-0.05, 0) is 24.5 Å². The van der Waals surface area contributed by atoms with E-state index >= 15 is 0 Å². The molecule has 1 aliphatic heterocycles. The summed E-state index contributed by atoms with van der Waals surface area (Å²) in [4.78, 5) is 25.6. The van der Waals surface area contributed by atoms with Crippen LogP contribution >= 0.6 is 11.3 Å². The van der Waals surface area contributed by atoms with Crippen LogP contribution in [0.1, 0.15) is 46.8 Å². The van der Waals surface area contributed by atoms with E-state index in [1.165, 1.54) is 21.8 Å². The van der Waals surface area contributed by atoms with Crippen LogP contribution in [0.3, 0.4) is 0 Å². The number of nitrogens with one attached hydrogen (secondary N) is 1. The fraction of sp³-hybridized carbons (Fsp3) is 0.600. The molecule has 0 saturated carbocycles. The number of aryl methyl sites for hydroxylation is 2. The molecule has 21 heavy (non-hydrogen) atoms. The van der Waals surface area contributed by atoms with Crippen LogP contribution in [0.15, 0.2) is 6.07 Å². The van der Waals surface area contributed by atoms with Gasteiger partial charge in [-0.2, -0.15) is 0 Å². The average molecular weight is 311 g/mol. The minimum absolute atomic E-state index is 0.0297. The number of hydrogen-bond donors (Lipinski definition) is 2. The largest absolute Gasteiger partial charge is 0.479 e. The van der Waals surface area contributed by atoms with E-state index in [2.05, 4.69) is 19.2 Å². The predicted molar refractivity (Wildman–Crippen MR) is 81.0 cm³/mol. The van der Waals surface area contributed by atoms with E-state index < -0.39 is 11.5 Å². The highest BCUT2D eigenvalue weighted by Gasteiger charge is 2.44. The molecule has 1 fully saturated rings. The van der Waals surface area contributed by atoms with Crippen LogP contribution in [-0.2, 0) is 22.4 Å². The lowest BCUT2D eigenvalue weighted by Crippen LogP contribution is -2.55. The van der Waals surface area contributed by atoms with E-state index in [0.29, 0.717) is 17.9 Å². The van der Waals surface area contributed by atoms with E-state index in [-0.39, 0.29) is 12.5 Å². The summed E-state index contributed by atoms with van der Waals surface area (Å²) in [5.74, 6) is -1.35. The normalized spacial score (nSPS) is 21.4. The first-order valence-corrected chi connectivity index (χ1v) is 8.09.